The summed E-state index contributed by atoms with van der Waals surface area (Å²) < 4.78 is 6.41. The molecular weight excluding hydrogens is 360 g/mol. The number of rotatable bonds is 5. The second kappa shape index (κ2) is 6.89. The van der Waals surface area contributed by atoms with Crippen molar-refractivity contribution in [2.75, 3.05) is 7.05 Å². The molecule has 2 aromatic carbocycles. The molecule has 0 fully saturated rings. The van der Waals surface area contributed by atoms with Gasteiger partial charge in [-0.25, -0.2) is 0 Å². The summed E-state index contributed by atoms with van der Waals surface area (Å²) in [5.41, 5.74) is 1.01. The lowest BCUT2D eigenvalue weighted by Gasteiger charge is -2.10. The molecule has 0 amide bonds. The van der Waals surface area contributed by atoms with Gasteiger partial charge in [0.1, 0.15) is 5.75 Å². The highest BCUT2D eigenvalue weighted by molar-refractivity contribution is 9.10. The Hall–Kier alpha value is -1.63. The van der Waals surface area contributed by atoms with Gasteiger partial charge in [0, 0.05) is 12.6 Å². The van der Waals surface area contributed by atoms with Crippen molar-refractivity contribution in [3.05, 3.63) is 61.6 Å². The fourth-order valence-electron chi connectivity index (χ4n) is 1.74. The van der Waals surface area contributed by atoms with Crippen LogP contribution in [0.1, 0.15) is 5.56 Å². The topological polar surface area (TPSA) is 64.4 Å². The molecule has 2 aromatic rings. The van der Waals surface area contributed by atoms with Gasteiger partial charge in [-0.05, 0) is 46.7 Å². The number of non-ortho nitro benzene ring substituents is 1. The lowest BCUT2D eigenvalue weighted by Crippen LogP contribution is -2.04. The number of nitro benzene ring substituents is 1. The SMILES string of the molecule is CNCc1ccc(Oc2cc([N+](=O)[O-])ccc2Cl)c(Br)c1. The van der Waals surface area contributed by atoms with Crippen LogP contribution in [0.2, 0.25) is 5.02 Å². The highest BCUT2D eigenvalue weighted by Gasteiger charge is 2.13. The van der Waals surface area contributed by atoms with Crippen LogP contribution in [-0.2, 0) is 6.54 Å². The number of nitro groups is 1. The molecule has 2 rings (SSSR count). The van der Waals surface area contributed by atoms with Crippen LogP contribution in [-0.4, -0.2) is 12.0 Å². The molecule has 0 atom stereocenters. The molecule has 21 heavy (non-hydrogen) atoms. The Kier molecular flexibility index (Phi) is 5.17. The van der Waals surface area contributed by atoms with Gasteiger partial charge >= 0.3 is 0 Å². The van der Waals surface area contributed by atoms with E-state index >= 15 is 0 Å². The molecule has 5 nitrogen and oxygen atoms in total. The first kappa shape index (κ1) is 15.8. The van der Waals surface area contributed by atoms with Crippen molar-refractivity contribution >= 4 is 33.2 Å². The normalized spacial score (nSPS) is 10.4. The van der Waals surface area contributed by atoms with Gasteiger partial charge in [0.15, 0.2) is 5.75 Å². The van der Waals surface area contributed by atoms with Crippen molar-refractivity contribution in [2.24, 2.45) is 0 Å². The average molecular weight is 372 g/mol. The zero-order valence-electron chi connectivity index (χ0n) is 11.1. The minimum atomic E-state index is -0.492. The largest absolute Gasteiger partial charge is 0.454 e. The molecule has 0 aliphatic carbocycles. The van der Waals surface area contributed by atoms with E-state index in [-0.39, 0.29) is 11.4 Å². The molecule has 0 unspecified atom stereocenters. The third kappa shape index (κ3) is 3.93. The van der Waals surface area contributed by atoms with Crippen molar-refractivity contribution in [3.63, 3.8) is 0 Å². The molecule has 7 heteroatoms. The molecule has 110 valence electrons. The van der Waals surface area contributed by atoms with Crippen molar-refractivity contribution in [1.82, 2.24) is 5.32 Å². The van der Waals surface area contributed by atoms with E-state index in [9.17, 15) is 10.1 Å². The zero-order chi connectivity index (χ0) is 15.4. The standard InChI is InChI=1S/C14H12BrClN2O3/c1-17-8-9-2-5-13(11(15)6-9)21-14-7-10(18(19)20)3-4-12(14)16/h2-7,17H,8H2,1H3. The van der Waals surface area contributed by atoms with Gasteiger partial charge in [0.05, 0.1) is 20.5 Å². The molecule has 0 saturated heterocycles. The molecule has 1 N–H and O–H groups in total. The predicted molar refractivity (Wildman–Crippen MR) is 85.1 cm³/mol. The maximum atomic E-state index is 10.8. The first-order valence-electron chi connectivity index (χ1n) is 6.06. The summed E-state index contributed by atoms with van der Waals surface area (Å²) in [6.45, 7) is 0.733. The van der Waals surface area contributed by atoms with E-state index < -0.39 is 4.92 Å². The molecule has 0 aliphatic rings. The van der Waals surface area contributed by atoms with Gasteiger partial charge in [-0.3, -0.25) is 10.1 Å². The van der Waals surface area contributed by atoms with Gasteiger partial charge < -0.3 is 10.1 Å². The molecular formula is C14H12BrClN2O3. The Balaban J connectivity index is 2.29. The molecule has 0 heterocycles. The lowest BCUT2D eigenvalue weighted by molar-refractivity contribution is -0.384. The van der Waals surface area contributed by atoms with Crippen LogP contribution in [0.15, 0.2) is 40.9 Å². The Morgan fingerprint density at radius 2 is 2.05 bits per heavy atom. The highest BCUT2D eigenvalue weighted by atomic mass is 79.9. The van der Waals surface area contributed by atoms with Crippen LogP contribution in [0, 0.1) is 10.1 Å². The predicted octanol–water partition coefficient (Wildman–Crippen LogP) is 4.52. The van der Waals surface area contributed by atoms with Crippen molar-refractivity contribution < 1.29 is 9.66 Å². The number of hydrogen-bond donors (Lipinski definition) is 1. The summed E-state index contributed by atoms with van der Waals surface area (Å²) in [5.74, 6) is 0.783. The molecule has 0 radical (unpaired) electrons. The number of nitrogens with one attached hydrogen (secondary N) is 1. The summed E-state index contributed by atoms with van der Waals surface area (Å²) in [7, 11) is 1.86. The third-order valence-electron chi connectivity index (χ3n) is 2.72. The van der Waals surface area contributed by atoms with E-state index in [0.29, 0.717) is 10.8 Å². The Morgan fingerprint density at radius 3 is 2.67 bits per heavy atom. The fourth-order valence-corrected chi connectivity index (χ4v) is 2.41. The monoisotopic (exact) mass is 370 g/mol. The van der Waals surface area contributed by atoms with Gasteiger partial charge in [0.2, 0.25) is 0 Å². The van der Waals surface area contributed by atoms with Crippen LogP contribution >= 0.6 is 27.5 Å². The van der Waals surface area contributed by atoms with Crippen LogP contribution in [0.3, 0.4) is 0 Å². The number of nitrogens with zero attached hydrogens (tertiary/aromatic N) is 1. The maximum absolute atomic E-state index is 10.8. The number of hydrogen-bond acceptors (Lipinski definition) is 4. The van der Waals surface area contributed by atoms with Crippen LogP contribution < -0.4 is 10.1 Å². The Labute approximate surface area is 135 Å². The number of benzene rings is 2. The summed E-state index contributed by atoms with van der Waals surface area (Å²) in [5, 5.41) is 14.2. The quantitative estimate of drug-likeness (QED) is 0.620. The molecule has 0 aliphatic heterocycles. The van der Waals surface area contributed by atoms with Crippen molar-refractivity contribution in [2.45, 2.75) is 6.54 Å². The molecule has 0 spiro atoms. The van der Waals surface area contributed by atoms with Crippen LogP contribution in [0.25, 0.3) is 0 Å². The molecule has 0 saturated carbocycles. The number of halogens is 2. The lowest BCUT2D eigenvalue weighted by atomic mass is 10.2. The van der Waals surface area contributed by atoms with Crippen LogP contribution in [0.4, 0.5) is 5.69 Å². The minimum absolute atomic E-state index is 0.0719. The number of ether oxygens (including phenoxy) is 1. The van der Waals surface area contributed by atoms with E-state index in [2.05, 4.69) is 21.2 Å². The van der Waals surface area contributed by atoms with E-state index in [0.717, 1.165) is 16.6 Å². The van der Waals surface area contributed by atoms with Crippen LogP contribution in [0.5, 0.6) is 11.5 Å². The van der Waals surface area contributed by atoms with Gasteiger partial charge in [-0.2, -0.15) is 0 Å². The maximum Gasteiger partial charge on any atom is 0.273 e. The second-order valence-corrected chi connectivity index (χ2v) is 5.53. The third-order valence-corrected chi connectivity index (χ3v) is 3.65. The van der Waals surface area contributed by atoms with Gasteiger partial charge in [-0.15, -0.1) is 0 Å². The zero-order valence-corrected chi connectivity index (χ0v) is 13.4. The Morgan fingerprint density at radius 1 is 1.29 bits per heavy atom. The summed E-state index contributed by atoms with van der Waals surface area (Å²) in [6, 6.07) is 9.68. The average Bonchev–Trinajstić information content (AvgIpc) is 2.44. The smallest absolute Gasteiger partial charge is 0.273 e. The van der Waals surface area contributed by atoms with Gasteiger partial charge in [0.25, 0.3) is 5.69 Å². The second-order valence-electron chi connectivity index (χ2n) is 4.27. The summed E-state index contributed by atoms with van der Waals surface area (Å²) in [4.78, 5) is 10.3. The van der Waals surface area contributed by atoms with Crippen molar-refractivity contribution in [1.29, 1.82) is 0 Å². The van der Waals surface area contributed by atoms with E-state index in [1.54, 1.807) is 6.07 Å². The van der Waals surface area contributed by atoms with E-state index in [1.807, 2.05) is 19.2 Å². The first-order chi connectivity index (χ1) is 10.0. The fraction of sp³-hybridized carbons (Fsp3) is 0.143. The van der Waals surface area contributed by atoms with E-state index in [4.69, 9.17) is 16.3 Å². The van der Waals surface area contributed by atoms with Gasteiger partial charge in [-0.1, -0.05) is 17.7 Å². The minimum Gasteiger partial charge on any atom is -0.454 e. The summed E-state index contributed by atoms with van der Waals surface area (Å²) in [6.07, 6.45) is 0. The summed E-state index contributed by atoms with van der Waals surface area (Å²) >= 11 is 9.43. The Bertz CT molecular complexity index is 679. The highest BCUT2D eigenvalue weighted by Crippen LogP contribution is 2.36. The molecule has 0 aromatic heterocycles. The molecule has 0 bridgehead atoms. The van der Waals surface area contributed by atoms with E-state index in [1.165, 1.54) is 18.2 Å². The first-order valence-corrected chi connectivity index (χ1v) is 7.23. The van der Waals surface area contributed by atoms with Crippen molar-refractivity contribution in [3.8, 4) is 11.5 Å².